The van der Waals surface area contributed by atoms with Crippen LogP contribution in [0.3, 0.4) is 0 Å². The van der Waals surface area contributed by atoms with Gasteiger partial charge in [0.05, 0.1) is 17.1 Å². The average molecular weight is 465 g/mol. The van der Waals surface area contributed by atoms with Crippen LogP contribution in [0.1, 0.15) is 49.4 Å². The summed E-state index contributed by atoms with van der Waals surface area (Å²) in [5.41, 5.74) is 1.37. The van der Waals surface area contributed by atoms with Gasteiger partial charge in [-0.2, -0.15) is 15.0 Å². The highest BCUT2D eigenvalue weighted by atomic mass is 79.9. The quantitative estimate of drug-likeness (QED) is 0.498. The van der Waals surface area contributed by atoms with E-state index in [2.05, 4.69) is 21.0 Å². The number of nitriles is 1. The van der Waals surface area contributed by atoms with Gasteiger partial charge in [-0.25, -0.2) is 4.98 Å². The first kappa shape index (κ1) is 20.3. The zero-order valence-electron chi connectivity index (χ0n) is 16.4. The molecule has 0 unspecified atom stereocenters. The van der Waals surface area contributed by atoms with E-state index in [1.54, 1.807) is 24.4 Å². The standard InChI is InChI=1S/C23H21BrN4O2/c24-18-8-11-21-20(14-18)23(29)28(22(27-21)17-4-2-1-3-5-17)26-15-16-6-9-19(10-7-16)30-13-12-25/h6-11,14-15,17H,1-5,13H2. The van der Waals surface area contributed by atoms with Crippen LogP contribution < -0.4 is 10.3 Å². The van der Waals surface area contributed by atoms with Gasteiger partial charge in [-0.05, 0) is 60.9 Å². The second-order valence-electron chi connectivity index (χ2n) is 7.34. The second-order valence-corrected chi connectivity index (χ2v) is 8.26. The predicted molar refractivity (Wildman–Crippen MR) is 120 cm³/mol. The molecule has 6 nitrogen and oxygen atoms in total. The molecular weight excluding hydrogens is 444 g/mol. The molecule has 0 atom stereocenters. The molecular formula is C23H21BrN4O2. The van der Waals surface area contributed by atoms with Crippen LogP contribution in [0.5, 0.6) is 5.75 Å². The lowest BCUT2D eigenvalue weighted by Crippen LogP contribution is -2.25. The van der Waals surface area contributed by atoms with Gasteiger partial charge >= 0.3 is 0 Å². The summed E-state index contributed by atoms with van der Waals surface area (Å²) in [5, 5.41) is 13.7. The molecule has 4 rings (SSSR count). The van der Waals surface area contributed by atoms with E-state index < -0.39 is 0 Å². The van der Waals surface area contributed by atoms with Crippen molar-refractivity contribution in [3.8, 4) is 11.8 Å². The normalized spacial score (nSPS) is 14.8. The molecule has 1 aliphatic rings. The van der Waals surface area contributed by atoms with Gasteiger partial charge in [0.15, 0.2) is 6.61 Å². The number of halogens is 1. The highest BCUT2D eigenvalue weighted by Gasteiger charge is 2.22. The van der Waals surface area contributed by atoms with Crippen molar-refractivity contribution in [3.05, 3.63) is 68.7 Å². The molecule has 2 aromatic carbocycles. The van der Waals surface area contributed by atoms with E-state index in [1.165, 1.54) is 11.1 Å². The van der Waals surface area contributed by atoms with Crippen molar-refractivity contribution in [2.24, 2.45) is 5.10 Å². The summed E-state index contributed by atoms with van der Waals surface area (Å²) in [6.45, 7) is 0.00585. The van der Waals surface area contributed by atoms with Crippen LogP contribution in [0, 0.1) is 11.3 Å². The van der Waals surface area contributed by atoms with Crippen LogP contribution in [0.25, 0.3) is 10.9 Å². The fraction of sp³-hybridized carbons (Fsp3) is 0.304. The topological polar surface area (TPSA) is 80.3 Å². The van der Waals surface area contributed by atoms with Crippen molar-refractivity contribution in [2.45, 2.75) is 38.0 Å². The molecule has 1 aliphatic carbocycles. The predicted octanol–water partition coefficient (Wildman–Crippen LogP) is 4.99. The zero-order chi connectivity index (χ0) is 20.9. The Balaban J connectivity index is 1.74. The van der Waals surface area contributed by atoms with E-state index >= 15 is 0 Å². The largest absolute Gasteiger partial charge is 0.479 e. The minimum atomic E-state index is -0.160. The first-order chi connectivity index (χ1) is 14.7. The van der Waals surface area contributed by atoms with Crippen molar-refractivity contribution in [1.82, 2.24) is 9.66 Å². The molecule has 1 heterocycles. The Kier molecular flexibility index (Phi) is 6.24. The summed E-state index contributed by atoms with van der Waals surface area (Å²) in [5.74, 6) is 1.59. The van der Waals surface area contributed by atoms with E-state index in [1.807, 2.05) is 30.3 Å². The first-order valence-corrected chi connectivity index (χ1v) is 10.8. The first-order valence-electron chi connectivity index (χ1n) is 10.0. The lowest BCUT2D eigenvalue weighted by atomic mass is 9.88. The molecule has 0 aliphatic heterocycles. The third kappa shape index (κ3) is 4.44. The fourth-order valence-corrected chi connectivity index (χ4v) is 4.15. The number of aromatic nitrogens is 2. The van der Waals surface area contributed by atoms with Gasteiger partial charge in [-0.1, -0.05) is 35.2 Å². The molecule has 1 fully saturated rings. The van der Waals surface area contributed by atoms with Crippen molar-refractivity contribution in [3.63, 3.8) is 0 Å². The molecule has 0 N–H and O–H groups in total. The maximum Gasteiger partial charge on any atom is 0.282 e. The Morgan fingerprint density at radius 1 is 1.20 bits per heavy atom. The molecule has 30 heavy (non-hydrogen) atoms. The van der Waals surface area contributed by atoms with Crippen LogP contribution in [0.15, 0.2) is 56.8 Å². The molecule has 0 saturated heterocycles. The van der Waals surface area contributed by atoms with Crippen LogP contribution >= 0.6 is 15.9 Å². The summed E-state index contributed by atoms with van der Waals surface area (Å²) in [7, 11) is 0. The van der Waals surface area contributed by atoms with Crippen LogP contribution in [-0.4, -0.2) is 22.5 Å². The smallest absolute Gasteiger partial charge is 0.282 e. The Morgan fingerprint density at radius 3 is 2.70 bits per heavy atom. The molecule has 0 radical (unpaired) electrons. The van der Waals surface area contributed by atoms with Crippen LogP contribution in [0.4, 0.5) is 0 Å². The lowest BCUT2D eigenvalue weighted by Gasteiger charge is -2.22. The molecule has 0 spiro atoms. The summed E-state index contributed by atoms with van der Waals surface area (Å²) in [6, 6.07) is 14.8. The molecule has 0 bridgehead atoms. The van der Waals surface area contributed by atoms with Gasteiger partial charge in [-0.3, -0.25) is 4.79 Å². The number of nitrogens with zero attached hydrogens (tertiary/aromatic N) is 4. The minimum absolute atomic E-state index is 0.00585. The second kappa shape index (κ2) is 9.23. The van der Waals surface area contributed by atoms with Gasteiger partial charge < -0.3 is 4.74 Å². The number of hydrogen-bond donors (Lipinski definition) is 0. The Bertz CT molecular complexity index is 1170. The van der Waals surface area contributed by atoms with Gasteiger partial charge in [-0.15, -0.1) is 0 Å². The number of fused-ring (bicyclic) bond motifs is 1. The number of rotatable bonds is 5. The molecule has 1 aromatic heterocycles. The molecule has 3 aromatic rings. The van der Waals surface area contributed by atoms with E-state index in [0.717, 1.165) is 41.5 Å². The summed E-state index contributed by atoms with van der Waals surface area (Å²) in [6.07, 6.45) is 7.22. The van der Waals surface area contributed by atoms with Crippen LogP contribution in [0.2, 0.25) is 0 Å². The van der Waals surface area contributed by atoms with Crippen molar-refractivity contribution in [1.29, 1.82) is 5.26 Å². The van der Waals surface area contributed by atoms with E-state index in [-0.39, 0.29) is 18.1 Å². The number of benzene rings is 2. The monoisotopic (exact) mass is 464 g/mol. The molecule has 0 amide bonds. The van der Waals surface area contributed by atoms with Crippen molar-refractivity contribution < 1.29 is 4.74 Å². The summed E-state index contributed by atoms with van der Waals surface area (Å²) >= 11 is 3.44. The van der Waals surface area contributed by atoms with Gasteiger partial charge in [0.25, 0.3) is 5.56 Å². The molecule has 1 saturated carbocycles. The van der Waals surface area contributed by atoms with Gasteiger partial charge in [0.2, 0.25) is 0 Å². The third-order valence-electron chi connectivity index (χ3n) is 5.31. The summed E-state index contributed by atoms with van der Waals surface area (Å²) in [4.78, 5) is 18.1. The SMILES string of the molecule is N#CCOc1ccc(C=Nn2c(C3CCCCC3)nc3ccc(Br)cc3c2=O)cc1. The number of ether oxygens (including phenoxy) is 1. The highest BCUT2D eigenvalue weighted by Crippen LogP contribution is 2.32. The highest BCUT2D eigenvalue weighted by molar-refractivity contribution is 9.10. The Hall–Kier alpha value is -2.98. The fourth-order valence-electron chi connectivity index (χ4n) is 3.79. The van der Waals surface area contributed by atoms with Gasteiger partial charge in [0.1, 0.15) is 17.6 Å². The van der Waals surface area contributed by atoms with Crippen molar-refractivity contribution >= 4 is 33.0 Å². The Morgan fingerprint density at radius 2 is 1.97 bits per heavy atom. The van der Waals surface area contributed by atoms with E-state index in [9.17, 15) is 4.79 Å². The number of hydrogen-bond acceptors (Lipinski definition) is 5. The maximum absolute atomic E-state index is 13.3. The summed E-state index contributed by atoms with van der Waals surface area (Å²) < 4.78 is 7.57. The van der Waals surface area contributed by atoms with Gasteiger partial charge in [0, 0.05) is 10.4 Å². The van der Waals surface area contributed by atoms with Crippen LogP contribution in [-0.2, 0) is 0 Å². The van der Waals surface area contributed by atoms with E-state index in [0.29, 0.717) is 16.7 Å². The third-order valence-corrected chi connectivity index (χ3v) is 5.80. The maximum atomic E-state index is 13.3. The minimum Gasteiger partial charge on any atom is -0.479 e. The lowest BCUT2D eigenvalue weighted by molar-refractivity contribution is 0.368. The zero-order valence-corrected chi connectivity index (χ0v) is 18.0. The average Bonchev–Trinajstić information content (AvgIpc) is 2.78. The molecule has 7 heteroatoms. The van der Waals surface area contributed by atoms with Crippen molar-refractivity contribution in [2.75, 3.05) is 6.61 Å². The van der Waals surface area contributed by atoms with E-state index in [4.69, 9.17) is 15.0 Å². The Labute approximate surface area is 182 Å². The molecule has 152 valence electrons.